The number of rotatable bonds is 3. The van der Waals surface area contributed by atoms with Gasteiger partial charge in [0.25, 0.3) is 5.91 Å². The standard InChI is InChI=1S/C14H17NO4/c1-9-4-3-5-10(6-9)13(16)15(2)12-8-19-7-11(12)14(17)18/h3-6,11-12H,7-8H2,1-2H3,(H,17,18). The van der Waals surface area contributed by atoms with Crippen molar-refractivity contribution in [1.29, 1.82) is 0 Å². The van der Waals surface area contributed by atoms with Crippen molar-refractivity contribution in [2.24, 2.45) is 5.92 Å². The van der Waals surface area contributed by atoms with Gasteiger partial charge in [0, 0.05) is 12.6 Å². The lowest BCUT2D eigenvalue weighted by Gasteiger charge is -2.26. The van der Waals surface area contributed by atoms with Gasteiger partial charge in [0.2, 0.25) is 0 Å². The summed E-state index contributed by atoms with van der Waals surface area (Å²) in [5.41, 5.74) is 1.57. The van der Waals surface area contributed by atoms with Gasteiger partial charge < -0.3 is 14.7 Å². The Hall–Kier alpha value is -1.88. The van der Waals surface area contributed by atoms with Crippen LogP contribution in [0.15, 0.2) is 24.3 Å². The van der Waals surface area contributed by atoms with Crippen molar-refractivity contribution in [3.8, 4) is 0 Å². The number of carboxylic acids is 1. The number of likely N-dealkylation sites (N-methyl/N-ethyl adjacent to an activating group) is 1. The fourth-order valence-electron chi connectivity index (χ4n) is 2.29. The zero-order valence-corrected chi connectivity index (χ0v) is 11.0. The van der Waals surface area contributed by atoms with E-state index < -0.39 is 17.9 Å². The fraction of sp³-hybridized carbons (Fsp3) is 0.429. The number of amides is 1. The molecule has 1 aromatic rings. The monoisotopic (exact) mass is 263 g/mol. The van der Waals surface area contributed by atoms with Crippen LogP contribution in [0.5, 0.6) is 0 Å². The number of hydrogen-bond donors (Lipinski definition) is 1. The summed E-state index contributed by atoms with van der Waals surface area (Å²) in [5.74, 6) is -1.75. The first kappa shape index (κ1) is 13.5. The quantitative estimate of drug-likeness (QED) is 0.888. The number of carbonyl (C=O) groups excluding carboxylic acids is 1. The number of aryl methyl sites for hydroxylation is 1. The SMILES string of the molecule is Cc1cccc(C(=O)N(C)C2COCC2C(=O)O)c1. The predicted molar refractivity (Wildman–Crippen MR) is 69.0 cm³/mol. The Kier molecular flexibility index (Phi) is 3.85. The maximum atomic E-state index is 12.3. The minimum Gasteiger partial charge on any atom is -0.481 e. The van der Waals surface area contributed by atoms with Gasteiger partial charge in [-0.2, -0.15) is 0 Å². The highest BCUT2D eigenvalue weighted by Gasteiger charge is 2.38. The molecule has 0 radical (unpaired) electrons. The third kappa shape index (κ3) is 2.76. The fourth-order valence-corrected chi connectivity index (χ4v) is 2.29. The van der Waals surface area contributed by atoms with Gasteiger partial charge >= 0.3 is 5.97 Å². The first-order chi connectivity index (χ1) is 9.00. The molecule has 0 spiro atoms. The molecule has 1 aliphatic heterocycles. The predicted octanol–water partition coefficient (Wildman–Crippen LogP) is 1.17. The highest BCUT2D eigenvalue weighted by Crippen LogP contribution is 2.21. The van der Waals surface area contributed by atoms with E-state index >= 15 is 0 Å². The van der Waals surface area contributed by atoms with Crippen molar-refractivity contribution in [3.05, 3.63) is 35.4 Å². The summed E-state index contributed by atoms with van der Waals surface area (Å²) in [6.07, 6.45) is 0. The molecule has 5 heteroatoms. The van der Waals surface area contributed by atoms with E-state index in [1.165, 1.54) is 4.90 Å². The van der Waals surface area contributed by atoms with Gasteiger partial charge in [0.1, 0.15) is 5.92 Å². The first-order valence-electron chi connectivity index (χ1n) is 6.15. The van der Waals surface area contributed by atoms with Crippen molar-refractivity contribution in [3.63, 3.8) is 0 Å². The van der Waals surface area contributed by atoms with Crippen LogP contribution < -0.4 is 0 Å². The van der Waals surface area contributed by atoms with Crippen LogP contribution in [-0.2, 0) is 9.53 Å². The average Bonchev–Trinajstić information content (AvgIpc) is 2.86. The Morgan fingerprint density at radius 2 is 2.11 bits per heavy atom. The Balaban J connectivity index is 2.17. The van der Waals surface area contributed by atoms with Crippen LogP contribution in [0.4, 0.5) is 0 Å². The smallest absolute Gasteiger partial charge is 0.311 e. The highest BCUT2D eigenvalue weighted by atomic mass is 16.5. The molecule has 0 saturated carbocycles. The Labute approximate surface area is 111 Å². The van der Waals surface area contributed by atoms with Gasteiger partial charge in [-0.15, -0.1) is 0 Å². The van der Waals surface area contributed by atoms with Crippen molar-refractivity contribution >= 4 is 11.9 Å². The molecule has 1 heterocycles. The molecule has 2 unspecified atom stereocenters. The van der Waals surface area contributed by atoms with Crippen LogP contribution in [0, 0.1) is 12.8 Å². The Morgan fingerprint density at radius 3 is 2.74 bits per heavy atom. The second-order valence-electron chi connectivity index (χ2n) is 4.84. The second-order valence-corrected chi connectivity index (χ2v) is 4.84. The summed E-state index contributed by atoms with van der Waals surface area (Å²) in [7, 11) is 1.62. The van der Waals surface area contributed by atoms with E-state index in [0.717, 1.165) is 5.56 Å². The number of carboxylic acid groups (broad SMARTS) is 1. The van der Waals surface area contributed by atoms with Gasteiger partial charge in [0.15, 0.2) is 0 Å². The lowest BCUT2D eigenvalue weighted by Crippen LogP contribution is -2.44. The van der Waals surface area contributed by atoms with E-state index in [1.807, 2.05) is 19.1 Å². The molecule has 102 valence electrons. The maximum absolute atomic E-state index is 12.3. The number of ether oxygens (including phenoxy) is 1. The van der Waals surface area contributed by atoms with Gasteiger partial charge in [0.05, 0.1) is 19.3 Å². The number of aliphatic carboxylic acids is 1. The van der Waals surface area contributed by atoms with Crippen LogP contribution >= 0.6 is 0 Å². The van der Waals surface area contributed by atoms with E-state index in [4.69, 9.17) is 9.84 Å². The first-order valence-corrected chi connectivity index (χ1v) is 6.15. The number of benzene rings is 1. The molecule has 0 aromatic heterocycles. The highest BCUT2D eigenvalue weighted by molar-refractivity contribution is 5.94. The topological polar surface area (TPSA) is 66.8 Å². The van der Waals surface area contributed by atoms with Crippen LogP contribution in [0.3, 0.4) is 0 Å². The summed E-state index contributed by atoms with van der Waals surface area (Å²) in [4.78, 5) is 24.9. The molecule has 5 nitrogen and oxygen atoms in total. The Bertz CT molecular complexity index is 500. The molecule has 0 bridgehead atoms. The van der Waals surface area contributed by atoms with Gasteiger partial charge in [-0.05, 0) is 19.1 Å². The summed E-state index contributed by atoms with van der Waals surface area (Å²) in [6, 6.07) is 6.85. The van der Waals surface area contributed by atoms with Crippen molar-refractivity contribution in [1.82, 2.24) is 4.90 Å². The molecule has 1 amide bonds. The summed E-state index contributed by atoms with van der Waals surface area (Å²) >= 11 is 0. The summed E-state index contributed by atoms with van der Waals surface area (Å²) in [5, 5.41) is 9.11. The zero-order valence-electron chi connectivity index (χ0n) is 11.0. The molecule has 1 aliphatic rings. The minimum atomic E-state index is -0.925. The molecule has 2 rings (SSSR count). The molecule has 19 heavy (non-hydrogen) atoms. The van der Waals surface area contributed by atoms with Crippen LogP contribution in [-0.4, -0.2) is 48.2 Å². The second kappa shape index (κ2) is 5.40. The van der Waals surface area contributed by atoms with E-state index in [0.29, 0.717) is 5.56 Å². The van der Waals surface area contributed by atoms with E-state index in [2.05, 4.69) is 0 Å². The molecule has 2 atom stereocenters. The summed E-state index contributed by atoms with van der Waals surface area (Å²) < 4.78 is 5.19. The van der Waals surface area contributed by atoms with Crippen molar-refractivity contribution in [2.75, 3.05) is 20.3 Å². The largest absolute Gasteiger partial charge is 0.481 e. The van der Waals surface area contributed by atoms with Gasteiger partial charge in [-0.1, -0.05) is 17.7 Å². The normalized spacial score (nSPS) is 22.2. The van der Waals surface area contributed by atoms with Gasteiger partial charge in [-0.25, -0.2) is 0 Å². The van der Waals surface area contributed by atoms with Crippen LogP contribution in [0.2, 0.25) is 0 Å². The molecule has 1 N–H and O–H groups in total. The molecule has 1 fully saturated rings. The van der Waals surface area contributed by atoms with Crippen LogP contribution in [0.25, 0.3) is 0 Å². The molecular formula is C14H17NO4. The average molecular weight is 263 g/mol. The molecular weight excluding hydrogens is 246 g/mol. The van der Waals surface area contributed by atoms with Crippen molar-refractivity contribution < 1.29 is 19.4 Å². The molecule has 1 saturated heterocycles. The van der Waals surface area contributed by atoms with E-state index in [-0.39, 0.29) is 19.1 Å². The molecule has 0 aliphatic carbocycles. The number of hydrogen-bond acceptors (Lipinski definition) is 3. The third-order valence-electron chi connectivity index (χ3n) is 3.45. The van der Waals surface area contributed by atoms with Gasteiger partial charge in [-0.3, -0.25) is 9.59 Å². The maximum Gasteiger partial charge on any atom is 0.311 e. The zero-order chi connectivity index (χ0) is 14.0. The van der Waals surface area contributed by atoms with E-state index in [1.54, 1.807) is 19.2 Å². The summed E-state index contributed by atoms with van der Waals surface area (Å²) in [6.45, 7) is 2.34. The number of carbonyl (C=O) groups is 2. The molecule has 1 aromatic carbocycles. The lowest BCUT2D eigenvalue weighted by atomic mass is 10.0. The number of nitrogens with zero attached hydrogens (tertiary/aromatic N) is 1. The van der Waals surface area contributed by atoms with Crippen molar-refractivity contribution in [2.45, 2.75) is 13.0 Å². The minimum absolute atomic E-state index is 0.158. The third-order valence-corrected chi connectivity index (χ3v) is 3.45. The Morgan fingerprint density at radius 1 is 1.37 bits per heavy atom. The lowest BCUT2D eigenvalue weighted by molar-refractivity contribution is -0.142. The van der Waals surface area contributed by atoms with E-state index in [9.17, 15) is 9.59 Å². The van der Waals surface area contributed by atoms with Crippen LogP contribution in [0.1, 0.15) is 15.9 Å².